The average Bonchev–Trinajstić information content (AvgIpc) is 2.83. The minimum atomic E-state index is -0.813. The third-order valence-electron chi connectivity index (χ3n) is 3.03. The van der Waals surface area contributed by atoms with Crippen molar-refractivity contribution in [1.82, 2.24) is 9.55 Å². The Balaban J connectivity index is 2.25. The van der Waals surface area contributed by atoms with Crippen LogP contribution in [0.2, 0.25) is 0 Å². The quantitative estimate of drug-likeness (QED) is 0.878. The van der Waals surface area contributed by atoms with Crippen LogP contribution in [0.15, 0.2) is 42.7 Å². The Kier molecular flexibility index (Phi) is 3.77. The van der Waals surface area contributed by atoms with Gasteiger partial charge in [0.15, 0.2) is 0 Å². The highest BCUT2D eigenvalue weighted by atomic mass is 16.4. The lowest BCUT2D eigenvalue weighted by molar-refractivity contribution is -0.138. The predicted octanol–water partition coefficient (Wildman–Crippen LogP) is 2.31. The molecule has 0 aliphatic carbocycles. The lowest BCUT2D eigenvalue weighted by atomic mass is 9.95. The van der Waals surface area contributed by atoms with Crippen molar-refractivity contribution in [2.24, 2.45) is 0 Å². The van der Waals surface area contributed by atoms with Crippen LogP contribution in [0, 0.1) is 0 Å². The van der Waals surface area contributed by atoms with Gasteiger partial charge >= 0.3 is 5.97 Å². The Morgan fingerprint density at radius 3 is 2.72 bits per heavy atom. The molecular weight excluding hydrogens is 228 g/mol. The topological polar surface area (TPSA) is 55.1 Å². The van der Waals surface area contributed by atoms with Crippen LogP contribution < -0.4 is 0 Å². The van der Waals surface area contributed by atoms with Crippen molar-refractivity contribution in [2.75, 3.05) is 0 Å². The van der Waals surface area contributed by atoms with Gasteiger partial charge in [-0.2, -0.15) is 0 Å². The second kappa shape index (κ2) is 5.49. The number of nitrogens with zero attached hydrogens (tertiary/aromatic N) is 2. The SMILES string of the molecule is CCn1ccnc1CC(C(=O)O)c1ccccc1. The van der Waals surface area contributed by atoms with Gasteiger partial charge in [-0.15, -0.1) is 0 Å². The molecule has 0 saturated carbocycles. The first-order chi connectivity index (χ1) is 8.72. The molecule has 94 valence electrons. The van der Waals surface area contributed by atoms with Gasteiger partial charge in [0.1, 0.15) is 5.82 Å². The number of carboxylic acid groups (broad SMARTS) is 1. The fraction of sp³-hybridized carbons (Fsp3) is 0.286. The van der Waals surface area contributed by atoms with Crippen LogP contribution in [0.1, 0.15) is 24.2 Å². The van der Waals surface area contributed by atoms with Crippen LogP contribution in [0.25, 0.3) is 0 Å². The van der Waals surface area contributed by atoms with Crippen molar-refractivity contribution in [3.05, 3.63) is 54.1 Å². The van der Waals surface area contributed by atoms with E-state index in [1.54, 1.807) is 6.20 Å². The van der Waals surface area contributed by atoms with Crippen molar-refractivity contribution in [2.45, 2.75) is 25.8 Å². The minimum absolute atomic E-state index is 0.417. The van der Waals surface area contributed by atoms with Crippen LogP contribution >= 0.6 is 0 Å². The molecule has 0 amide bonds. The first kappa shape index (κ1) is 12.4. The third-order valence-corrected chi connectivity index (χ3v) is 3.03. The Bertz CT molecular complexity index is 520. The first-order valence-electron chi connectivity index (χ1n) is 6.00. The molecule has 0 aliphatic heterocycles. The zero-order valence-corrected chi connectivity index (χ0v) is 10.3. The summed E-state index contributed by atoms with van der Waals surface area (Å²) in [5, 5.41) is 9.35. The lowest BCUT2D eigenvalue weighted by Gasteiger charge is -2.13. The molecule has 4 heteroatoms. The van der Waals surface area contributed by atoms with Crippen LogP contribution in [0.4, 0.5) is 0 Å². The number of aromatic nitrogens is 2. The van der Waals surface area contributed by atoms with Crippen LogP contribution in [0.5, 0.6) is 0 Å². The summed E-state index contributed by atoms with van der Waals surface area (Å²) in [7, 11) is 0. The summed E-state index contributed by atoms with van der Waals surface area (Å²) < 4.78 is 1.97. The van der Waals surface area contributed by atoms with Gasteiger partial charge in [-0.25, -0.2) is 4.98 Å². The summed E-state index contributed by atoms with van der Waals surface area (Å²) in [5.74, 6) is -0.542. The van der Waals surface area contributed by atoms with E-state index in [0.29, 0.717) is 6.42 Å². The normalized spacial score (nSPS) is 12.3. The van der Waals surface area contributed by atoms with Gasteiger partial charge in [-0.3, -0.25) is 4.79 Å². The van der Waals surface area contributed by atoms with Crippen molar-refractivity contribution in [3.63, 3.8) is 0 Å². The zero-order valence-electron chi connectivity index (χ0n) is 10.3. The third kappa shape index (κ3) is 2.59. The number of aliphatic carboxylic acids is 1. The van der Waals surface area contributed by atoms with Crippen molar-refractivity contribution in [3.8, 4) is 0 Å². The van der Waals surface area contributed by atoms with Gasteiger partial charge in [-0.1, -0.05) is 30.3 Å². The van der Waals surface area contributed by atoms with Gasteiger partial charge in [0, 0.05) is 25.4 Å². The maximum atomic E-state index is 11.4. The number of hydrogen-bond donors (Lipinski definition) is 1. The Morgan fingerprint density at radius 1 is 1.39 bits per heavy atom. The predicted molar refractivity (Wildman–Crippen MR) is 68.4 cm³/mol. The largest absolute Gasteiger partial charge is 0.481 e. The minimum Gasteiger partial charge on any atom is -0.481 e. The number of imidazole rings is 1. The average molecular weight is 244 g/mol. The van der Waals surface area contributed by atoms with Gasteiger partial charge < -0.3 is 9.67 Å². The monoisotopic (exact) mass is 244 g/mol. The molecule has 1 aromatic heterocycles. The molecule has 0 bridgehead atoms. The van der Waals surface area contributed by atoms with Crippen LogP contribution in [-0.4, -0.2) is 20.6 Å². The second-order valence-corrected chi connectivity index (χ2v) is 4.14. The Labute approximate surface area is 106 Å². The van der Waals surface area contributed by atoms with Crippen molar-refractivity contribution >= 4 is 5.97 Å². The van der Waals surface area contributed by atoms with Gasteiger partial charge in [0.25, 0.3) is 0 Å². The van der Waals surface area contributed by atoms with E-state index in [-0.39, 0.29) is 0 Å². The standard InChI is InChI=1S/C14H16N2O2/c1-2-16-9-8-15-13(16)10-12(14(17)18)11-6-4-3-5-7-11/h3-9,12H,2,10H2,1H3,(H,17,18). The fourth-order valence-electron chi connectivity index (χ4n) is 2.03. The maximum absolute atomic E-state index is 11.4. The van der Waals surface area contributed by atoms with Gasteiger partial charge in [-0.05, 0) is 12.5 Å². The molecule has 1 N–H and O–H groups in total. The molecule has 0 saturated heterocycles. The lowest BCUT2D eigenvalue weighted by Crippen LogP contribution is -2.17. The molecule has 18 heavy (non-hydrogen) atoms. The summed E-state index contributed by atoms with van der Waals surface area (Å²) >= 11 is 0. The number of carbonyl (C=O) groups is 1. The highest BCUT2D eigenvalue weighted by Gasteiger charge is 2.21. The summed E-state index contributed by atoms with van der Waals surface area (Å²) in [4.78, 5) is 15.6. The molecule has 1 heterocycles. The second-order valence-electron chi connectivity index (χ2n) is 4.14. The molecule has 0 fully saturated rings. The van der Waals surface area contributed by atoms with E-state index >= 15 is 0 Å². The summed E-state index contributed by atoms with van der Waals surface area (Å²) in [6.07, 6.45) is 4.00. The van der Waals surface area contributed by atoms with Gasteiger partial charge in [0.05, 0.1) is 5.92 Å². The number of carboxylic acids is 1. The Hall–Kier alpha value is -2.10. The maximum Gasteiger partial charge on any atom is 0.311 e. The molecular formula is C14H16N2O2. The fourth-order valence-corrected chi connectivity index (χ4v) is 2.03. The number of rotatable bonds is 5. The van der Waals surface area contributed by atoms with E-state index in [1.165, 1.54) is 0 Å². The summed E-state index contributed by atoms with van der Waals surface area (Å²) in [6, 6.07) is 9.29. The van der Waals surface area contributed by atoms with E-state index < -0.39 is 11.9 Å². The van der Waals surface area contributed by atoms with Gasteiger partial charge in [0.2, 0.25) is 0 Å². The molecule has 4 nitrogen and oxygen atoms in total. The smallest absolute Gasteiger partial charge is 0.311 e. The highest BCUT2D eigenvalue weighted by Crippen LogP contribution is 2.20. The number of aryl methyl sites for hydroxylation is 1. The molecule has 1 aromatic carbocycles. The first-order valence-corrected chi connectivity index (χ1v) is 6.00. The van der Waals surface area contributed by atoms with E-state index in [1.807, 2.05) is 48.0 Å². The van der Waals surface area contributed by atoms with Crippen molar-refractivity contribution in [1.29, 1.82) is 0 Å². The molecule has 1 atom stereocenters. The molecule has 0 radical (unpaired) electrons. The zero-order chi connectivity index (χ0) is 13.0. The summed E-state index contributed by atoms with van der Waals surface area (Å²) in [6.45, 7) is 2.82. The molecule has 2 rings (SSSR count). The van der Waals surface area contributed by atoms with Crippen LogP contribution in [0.3, 0.4) is 0 Å². The number of hydrogen-bond acceptors (Lipinski definition) is 2. The van der Waals surface area contributed by atoms with Crippen molar-refractivity contribution < 1.29 is 9.90 Å². The van der Waals surface area contributed by atoms with Crippen LogP contribution in [-0.2, 0) is 17.8 Å². The Morgan fingerprint density at radius 2 is 2.11 bits per heavy atom. The number of benzene rings is 1. The molecule has 0 spiro atoms. The molecule has 0 aliphatic rings. The van der Waals surface area contributed by atoms with E-state index in [2.05, 4.69) is 4.98 Å². The van der Waals surface area contributed by atoms with E-state index in [0.717, 1.165) is 17.9 Å². The molecule has 2 aromatic rings. The summed E-state index contributed by atoms with van der Waals surface area (Å²) in [5.41, 5.74) is 0.815. The van der Waals surface area contributed by atoms with E-state index in [9.17, 15) is 9.90 Å². The van der Waals surface area contributed by atoms with E-state index in [4.69, 9.17) is 0 Å². The highest BCUT2D eigenvalue weighted by molar-refractivity contribution is 5.76. The molecule has 1 unspecified atom stereocenters.